The zero-order valence-corrected chi connectivity index (χ0v) is 15.7. The molecule has 0 fully saturated rings. The first-order valence-corrected chi connectivity index (χ1v) is 9.80. The highest BCUT2D eigenvalue weighted by Gasteiger charge is 2.25. The van der Waals surface area contributed by atoms with E-state index in [-0.39, 0.29) is 0 Å². The molecule has 1 N–H and O–H groups in total. The van der Waals surface area contributed by atoms with Crippen LogP contribution >= 0.6 is 0 Å². The zero-order valence-electron chi connectivity index (χ0n) is 15.7. The Morgan fingerprint density at radius 2 is 1.93 bits per heavy atom. The van der Waals surface area contributed by atoms with Crippen molar-refractivity contribution in [3.05, 3.63) is 77.5 Å². The molecule has 1 aliphatic carbocycles. The largest absolute Gasteiger partial charge is 0.478 e. The number of benzene rings is 2. The van der Waals surface area contributed by atoms with Crippen LogP contribution in [0.3, 0.4) is 0 Å². The van der Waals surface area contributed by atoms with Gasteiger partial charge < -0.3 is 9.67 Å². The van der Waals surface area contributed by atoms with Crippen molar-refractivity contribution in [2.75, 3.05) is 0 Å². The average Bonchev–Trinajstić information content (AvgIpc) is 3.08. The fourth-order valence-electron chi connectivity index (χ4n) is 4.35. The van der Waals surface area contributed by atoms with Crippen LogP contribution in [0.25, 0.3) is 16.9 Å². The third-order valence-electron chi connectivity index (χ3n) is 5.61. The van der Waals surface area contributed by atoms with Gasteiger partial charge in [-0.2, -0.15) is 0 Å². The summed E-state index contributed by atoms with van der Waals surface area (Å²) >= 11 is 0. The van der Waals surface area contributed by atoms with Crippen LogP contribution in [0.5, 0.6) is 0 Å². The molecule has 27 heavy (non-hydrogen) atoms. The van der Waals surface area contributed by atoms with Gasteiger partial charge in [-0.1, -0.05) is 56.2 Å². The smallest absolute Gasteiger partial charge is 0.335 e. The summed E-state index contributed by atoms with van der Waals surface area (Å²) < 4.78 is 2.28. The summed E-state index contributed by atoms with van der Waals surface area (Å²) in [6.45, 7) is 2.26. The molecular formula is C24H25NO2. The molecule has 0 bridgehead atoms. The lowest BCUT2D eigenvalue weighted by Gasteiger charge is -2.24. The van der Waals surface area contributed by atoms with Gasteiger partial charge in [-0.3, -0.25) is 0 Å². The van der Waals surface area contributed by atoms with E-state index < -0.39 is 5.97 Å². The lowest BCUT2D eigenvalue weighted by Crippen LogP contribution is -2.15. The van der Waals surface area contributed by atoms with Crippen molar-refractivity contribution in [3.63, 3.8) is 0 Å². The molecule has 4 rings (SSSR count). The summed E-state index contributed by atoms with van der Waals surface area (Å²) in [6, 6.07) is 20.0. The summed E-state index contributed by atoms with van der Waals surface area (Å²) in [5.74, 6) is -0.130. The number of nitrogens with zero attached hydrogens (tertiary/aromatic N) is 1. The molecular weight excluding hydrogens is 334 g/mol. The molecule has 0 spiro atoms. The van der Waals surface area contributed by atoms with E-state index in [9.17, 15) is 9.90 Å². The van der Waals surface area contributed by atoms with Crippen LogP contribution in [0.2, 0.25) is 0 Å². The van der Waals surface area contributed by atoms with E-state index in [0.717, 1.165) is 30.1 Å². The highest BCUT2D eigenvalue weighted by Crippen LogP contribution is 2.36. The molecule has 1 heterocycles. The van der Waals surface area contributed by atoms with Crippen LogP contribution in [0, 0.1) is 5.92 Å². The molecule has 3 aromatic rings. The molecule has 1 unspecified atom stereocenters. The van der Waals surface area contributed by atoms with E-state index in [1.54, 1.807) is 12.1 Å². The Labute approximate surface area is 160 Å². The molecule has 0 amide bonds. The first kappa shape index (κ1) is 17.6. The Balaban J connectivity index is 1.87. The van der Waals surface area contributed by atoms with Gasteiger partial charge in [-0.25, -0.2) is 4.79 Å². The second-order valence-corrected chi connectivity index (χ2v) is 7.46. The lowest BCUT2D eigenvalue weighted by molar-refractivity contribution is 0.0697. The molecule has 3 heteroatoms. The topological polar surface area (TPSA) is 42.2 Å². The third-order valence-corrected chi connectivity index (χ3v) is 5.61. The van der Waals surface area contributed by atoms with Crippen LogP contribution in [0.1, 0.15) is 47.8 Å². The highest BCUT2D eigenvalue weighted by atomic mass is 16.4. The molecule has 1 aromatic heterocycles. The highest BCUT2D eigenvalue weighted by molar-refractivity contribution is 5.88. The number of carboxylic acids is 1. The number of fused-ring (bicyclic) bond motifs is 1. The first-order valence-electron chi connectivity index (χ1n) is 9.80. The van der Waals surface area contributed by atoms with Crippen molar-refractivity contribution in [3.8, 4) is 16.9 Å². The predicted molar refractivity (Wildman–Crippen MR) is 109 cm³/mol. The zero-order chi connectivity index (χ0) is 18.8. The molecule has 2 aromatic carbocycles. The summed E-state index contributed by atoms with van der Waals surface area (Å²) in [5.41, 5.74) is 6.33. The summed E-state index contributed by atoms with van der Waals surface area (Å²) in [5, 5.41) is 9.42. The monoisotopic (exact) mass is 359 g/mol. The van der Waals surface area contributed by atoms with Crippen LogP contribution in [0.15, 0.2) is 60.7 Å². The van der Waals surface area contributed by atoms with Gasteiger partial charge >= 0.3 is 5.97 Å². The number of rotatable bonds is 5. The Morgan fingerprint density at radius 3 is 2.67 bits per heavy atom. The van der Waals surface area contributed by atoms with E-state index in [1.165, 1.54) is 36.1 Å². The Morgan fingerprint density at radius 1 is 1.11 bits per heavy atom. The molecule has 0 aliphatic heterocycles. The first-order chi connectivity index (χ1) is 13.2. The van der Waals surface area contributed by atoms with E-state index in [4.69, 9.17) is 0 Å². The maximum Gasteiger partial charge on any atom is 0.335 e. The van der Waals surface area contributed by atoms with E-state index in [2.05, 4.69) is 41.8 Å². The number of hydrogen-bond donors (Lipinski definition) is 1. The molecule has 0 saturated heterocycles. The van der Waals surface area contributed by atoms with Gasteiger partial charge in [0.25, 0.3) is 0 Å². The molecule has 138 valence electrons. The van der Waals surface area contributed by atoms with Crippen LogP contribution in [-0.2, 0) is 12.8 Å². The normalized spacial score (nSPS) is 16.1. The fraction of sp³-hybridized carbons (Fsp3) is 0.292. The van der Waals surface area contributed by atoms with Gasteiger partial charge in [-0.15, -0.1) is 0 Å². The van der Waals surface area contributed by atoms with E-state index in [1.807, 2.05) is 18.2 Å². The van der Waals surface area contributed by atoms with Crippen LogP contribution in [0.4, 0.5) is 0 Å². The summed E-state index contributed by atoms with van der Waals surface area (Å²) in [7, 11) is 0. The lowest BCUT2D eigenvalue weighted by atomic mass is 9.85. The molecule has 1 aliphatic rings. The van der Waals surface area contributed by atoms with Crippen molar-refractivity contribution in [1.82, 2.24) is 4.57 Å². The maximum atomic E-state index is 11.5. The maximum absolute atomic E-state index is 11.5. The number of hydrogen-bond acceptors (Lipinski definition) is 1. The average molecular weight is 359 g/mol. The Bertz CT molecular complexity index is 956. The van der Waals surface area contributed by atoms with Crippen molar-refractivity contribution < 1.29 is 9.90 Å². The van der Waals surface area contributed by atoms with Crippen molar-refractivity contribution in [2.24, 2.45) is 5.92 Å². The van der Waals surface area contributed by atoms with Gasteiger partial charge in [0.15, 0.2) is 0 Å². The number of aromatic carboxylic acids is 1. The molecule has 0 saturated carbocycles. The quantitative estimate of drug-likeness (QED) is 0.630. The van der Waals surface area contributed by atoms with Crippen molar-refractivity contribution >= 4 is 5.97 Å². The minimum Gasteiger partial charge on any atom is -0.478 e. The van der Waals surface area contributed by atoms with Crippen molar-refractivity contribution in [2.45, 2.75) is 39.0 Å². The number of carboxylic acid groups (broad SMARTS) is 1. The molecule has 1 atom stereocenters. The fourth-order valence-corrected chi connectivity index (χ4v) is 4.35. The van der Waals surface area contributed by atoms with Crippen LogP contribution in [-0.4, -0.2) is 15.6 Å². The van der Waals surface area contributed by atoms with E-state index >= 15 is 0 Å². The van der Waals surface area contributed by atoms with Gasteiger partial charge in [0, 0.05) is 11.4 Å². The van der Waals surface area contributed by atoms with Crippen LogP contribution < -0.4 is 0 Å². The second kappa shape index (κ2) is 7.43. The number of aromatic nitrogens is 1. The van der Waals surface area contributed by atoms with Gasteiger partial charge in [-0.05, 0) is 60.6 Å². The standard InChI is InChI=1S/C24H25NO2/c1-2-7-17-12-13-22-20(14-17)16-23(18-8-4-3-5-9-18)25(22)21-11-6-10-19(15-21)24(26)27/h3-6,8-11,15-17H,2,7,12-14H2,1H3,(H,26,27). The van der Waals surface area contributed by atoms with Crippen molar-refractivity contribution in [1.29, 1.82) is 0 Å². The predicted octanol–water partition coefficient (Wildman–Crippen LogP) is 5.75. The van der Waals surface area contributed by atoms with E-state index in [0.29, 0.717) is 5.56 Å². The molecule has 3 nitrogen and oxygen atoms in total. The second-order valence-electron chi connectivity index (χ2n) is 7.46. The molecule has 0 radical (unpaired) electrons. The summed E-state index contributed by atoms with van der Waals surface area (Å²) in [6.07, 6.45) is 5.88. The number of carbonyl (C=O) groups is 1. The SMILES string of the molecule is CCCC1CCc2c(cc(-c3ccccc3)n2-c2cccc(C(=O)O)c2)C1. The van der Waals surface area contributed by atoms with Gasteiger partial charge in [0.1, 0.15) is 0 Å². The minimum atomic E-state index is -0.887. The third kappa shape index (κ3) is 3.42. The van der Waals surface area contributed by atoms with Gasteiger partial charge in [0.05, 0.1) is 11.3 Å². The Kier molecular flexibility index (Phi) is 4.85. The summed E-state index contributed by atoms with van der Waals surface area (Å²) in [4.78, 5) is 11.5. The Hall–Kier alpha value is -2.81. The van der Waals surface area contributed by atoms with Gasteiger partial charge in [0.2, 0.25) is 0 Å². The minimum absolute atomic E-state index is 0.327.